The van der Waals surface area contributed by atoms with Crippen molar-refractivity contribution in [3.8, 4) is 5.75 Å². The Morgan fingerprint density at radius 3 is 1.91 bits per heavy atom. The fourth-order valence-corrected chi connectivity index (χ4v) is 2.87. The van der Waals surface area contributed by atoms with Gasteiger partial charge in [-0.05, 0) is 29.7 Å². The Hall–Kier alpha value is -0.685. The summed E-state index contributed by atoms with van der Waals surface area (Å²) < 4.78 is 65.7. The first-order valence-electron chi connectivity index (χ1n) is 4.98. The fraction of sp³-hybridized carbons (Fsp3) is 0. The van der Waals surface area contributed by atoms with E-state index in [0.29, 0.717) is 0 Å². The molecule has 0 saturated carbocycles. The monoisotopic (exact) mass is 331 g/mol. The van der Waals surface area contributed by atoms with Gasteiger partial charge in [0.05, 0.1) is 9.79 Å². The number of hydrogen-bond acceptors (Lipinski definition) is 8. The molecular weight excluding hydrogens is 324 g/mol. The first-order chi connectivity index (χ1) is 9.00. The first kappa shape index (κ1) is 21.3. The van der Waals surface area contributed by atoms with Crippen LogP contribution in [0.3, 0.4) is 0 Å². The Kier molecular flexibility index (Phi) is 6.62. The van der Waals surface area contributed by atoms with E-state index in [0.717, 1.165) is 24.3 Å². The predicted octanol–water partition coefficient (Wildman–Crippen LogP) is -6.06. The molecule has 2 aromatic carbocycles. The molecule has 0 amide bonds. The number of fused-ring (bicyclic) bond motifs is 1. The van der Waals surface area contributed by atoms with E-state index >= 15 is 0 Å². The Bertz CT molecular complexity index is 926. The van der Waals surface area contributed by atoms with E-state index < -0.39 is 35.8 Å². The third-order valence-electron chi connectivity index (χ3n) is 2.59. The topological polar surface area (TPSA) is 161 Å². The maximum absolute atomic E-state index is 11.0. The predicted molar refractivity (Wildman–Crippen MR) is 66.0 cm³/mol. The summed E-state index contributed by atoms with van der Waals surface area (Å²) in [7, 11) is -9.71. The quantitative estimate of drug-likeness (QED) is 0.312. The first-order valence-corrected chi connectivity index (χ1v) is 7.80. The standard InChI is InChI=1S/C10H9NO7S2.2Li/c11-8-4-7-5(2-10(8)20(16,17)18)1-6(3-9(7)12)19(13,14)15;;/h1-4,12H,11H2,(H,13,14,15)(H,16,17,18);;/q;2*+1/p-2. The van der Waals surface area contributed by atoms with E-state index in [4.69, 9.17) is 5.73 Å². The molecule has 12 heteroatoms. The van der Waals surface area contributed by atoms with E-state index in [1.165, 1.54) is 0 Å². The van der Waals surface area contributed by atoms with E-state index in [2.05, 4.69) is 0 Å². The molecule has 0 aromatic heterocycles. The number of aromatic hydroxyl groups is 1. The molecule has 0 fully saturated rings. The molecule has 0 radical (unpaired) electrons. The van der Waals surface area contributed by atoms with Gasteiger partial charge in [0.1, 0.15) is 26.0 Å². The van der Waals surface area contributed by atoms with Crippen LogP contribution >= 0.6 is 0 Å². The van der Waals surface area contributed by atoms with Crippen molar-refractivity contribution < 1.29 is 68.8 Å². The average Bonchev–Trinajstić information content (AvgIpc) is 2.26. The number of rotatable bonds is 2. The molecule has 108 valence electrons. The van der Waals surface area contributed by atoms with E-state index in [-0.39, 0.29) is 54.2 Å². The summed E-state index contributed by atoms with van der Waals surface area (Å²) in [6.07, 6.45) is 0. The van der Waals surface area contributed by atoms with Gasteiger partial charge in [-0.15, -0.1) is 0 Å². The summed E-state index contributed by atoms with van der Waals surface area (Å²) in [5.74, 6) is -0.571. The van der Waals surface area contributed by atoms with Gasteiger partial charge in [0.2, 0.25) is 0 Å². The van der Waals surface area contributed by atoms with Crippen molar-refractivity contribution in [2.45, 2.75) is 9.79 Å². The molecule has 0 heterocycles. The molecule has 0 spiro atoms. The van der Waals surface area contributed by atoms with Crippen molar-refractivity contribution in [3.63, 3.8) is 0 Å². The Morgan fingerprint density at radius 2 is 1.45 bits per heavy atom. The molecule has 0 bridgehead atoms. The van der Waals surface area contributed by atoms with Crippen LogP contribution in [-0.4, -0.2) is 31.0 Å². The number of benzene rings is 2. The van der Waals surface area contributed by atoms with E-state index in [1.807, 2.05) is 0 Å². The van der Waals surface area contributed by atoms with Gasteiger partial charge in [0.25, 0.3) is 0 Å². The van der Waals surface area contributed by atoms with Crippen LogP contribution in [0.1, 0.15) is 0 Å². The summed E-state index contributed by atoms with van der Waals surface area (Å²) in [4.78, 5) is -1.51. The van der Waals surface area contributed by atoms with Gasteiger partial charge in [0, 0.05) is 11.1 Å². The molecule has 0 unspecified atom stereocenters. The van der Waals surface area contributed by atoms with E-state index in [1.54, 1.807) is 0 Å². The zero-order chi connectivity index (χ0) is 15.3. The molecule has 0 atom stereocenters. The fourth-order valence-electron chi connectivity index (χ4n) is 1.72. The second-order valence-corrected chi connectivity index (χ2v) is 6.69. The van der Waals surface area contributed by atoms with Gasteiger partial charge in [0.15, 0.2) is 0 Å². The SMILES string of the molecule is Nc1cc2c(O)cc(S(=O)(=O)[O-])cc2cc1S(=O)(=O)[O-].[Li+].[Li+]. The van der Waals surface area contributed by atoms with Crippen LogP contribution in [0, 0.1) is 0 Å². The normalized spacial score (nSPS) is 11.5. The van der Waals surface area contributed by atoms with Crippen molar-refractivity contribution in [1.29, 1.82) is 0 Å². The molecule has 0 aliphatic heterocycles. The second kappa shape index (κ2) is 6.83. The zero-order valence-electron chi connectivity index (χ0n) is 11.6. The number of hydrogen-bond donors (Lipinski definition) is 2. The molecular formula is C10H7Li2NO7S2. The smallest absolute Gasteiger partial charge is 0.744 e. The molecule has 0 aliphatic carbocycles. The Morgan fingerprint density at radius 1 is 0.909 bits per heavy atom. The molecule has 0 saturated heterocycles. The zero-order valence-corrected chi connectivity index (χ0v) is 13.2. The van der Waals surface area contributed by atoms with Crippen LogP contribution in [0.15, 0.2) is 34.1 Å². The van der Waals surface area contributed by atoms with Crippen molar-refractivity contribution in [1.82, 2.24) is 0 Å². The van der Waals surface area contributed by atoms with Crippen molar-refractivity contribution in [2.75, 3.05) is 5.73 Å². The summed E-state index contributed by atoms with van der Waals surface area (Å²) in [6, 6.07) is 3.39. The minimum atomic E-state index is -4.87. The molecule has 2 aromatic rings. The summed E-state index contributed by atoms with van der Waals surface area (Å²) in [5.41, 5.74) is 5.01. The van der Waals surface area contributed by atoms with Crippen LogP contribution in [0.4, 0.5) is 5.69 Å². The molecule has 22 heavy (non-hydrogen) atoms. The van der Waals surface area contributed by atoms with Crippen LogP contribution in [0.2, 0.25) is 0 Å². The second-order valence-electron chi connectivity index (χ2n) is 3.96. The molecule has 2 rings (SSSR count). The van der Waals surface area contributed by atoms with Gasteiger partial charge >= 0.3 is 37.7 Å². The molecule has 3 N–H and O–H groups in total. The van der Waals surface area contributed by atoms with Gasteiger partial charge in [-0.2, -0.15) is 0 Å². The van der Waals surface area contributed by atoms with E-state index in [9.17, 15) is 31.0 Å². The minimum Gasteiger partial charge on any atom is -0.744 e. The molecule has 8 nitrogen and oxygen atoms in total. The summed E-state index contributed by atoms with van der Waals surface area (Å²) in [6.45, 7) is 0. The number of anilines is 1. The third-order valence-corrected chi connectivity index (χ3v) is 4.30. The van der Waals surface area contributed by atoms with Crippen LogP contribution in [-0.2, 0) is 20.2 Å². The van der Waals surface area contributed by atoms with Gasteiger partial charge in [-0.1, -0.05) is 0 Å². The minimum absolute atomic E-state index is 0. The third kappa shape index (κ3) is 4.19. The Balaban J connectivity index is 0.00000220. The van der Waals surface area contributed by atoms with Gasteiger partial charge in [-0.25, -0.2) is 16.8 Å². The average molecular weight is 331 g/mol. The summed E-state index contributed by atoms with van der Waals surface area (Å²) >= 11 is 0. The number of nitrogen functional groups attached to an aromatic ring is 1. The van der Waals surface area contributed by atoms with Crippen LogP contribution < -0.4 is 43.5 Å². The van der Waals surface area contributed by atoms with Crippen LogP contribution in [0.25, 0.3) is 10.8 Å². The number of phenols is 1. The Labute approximate surface area is 150 Å². The largest absolute Gasteiger partial charge is 1.00 e. The van der Waals surface area contributed by atoms with Crippen molar-refractivity contribution in [3.05, 3.63) is 24.3 Å². The number of nitrogens with two attached hydrogens (primary N) is 1. The molecule has 0 aliphatic rings. The van der Waals surface area contributed by atoms with Gasteiger partial charge in [-0.3, -0.25) is 0 Å². The number of phenolic OH excluding ortho intramolecular Hbond substituents is 1. The maximum Gasteiger partial charge on any atom is 1.00 e. The van der Waals surface area contributed by atoms with Crippen molar-refractivity contribution in [2.24, 2.45) is 0 Å². The van der Waals surface area contributed by atoms with Crippen molar-refractivity contribution >= 4 is 36.7 Å². The summed E-state index contributed by atoms with van der Waals surface area (Å²) in [5, 5.41) is 9.55. The van der Waals surface area contributed by atoms with Crippen LogP contribution in [0.5, 0.6) is 5.75 Å². The maximum atomic E-state index is 11.0. The van der Waals surface area contributed by atoms with Gasteiger partial charge < -0.3 is 19.9 Å².